The van der Waals surface area contributed by atoms with Gasteiger partial charge in [0.15, 0.2) is 0 Å². The molecule has 0 heterocycles. The number of benzene rings is 3. The SMILES string of the molecule is [F-].c1ccc(P(c2ccccc2)c2ccccc2)cc1. The highest BCUT2D eigenvalue weighted by molar-refractivity contribution is 7.79. The molecule has 0 amide bonds. The van der Waals surface area contributed by atoms with Crippen LogP contribution in [0.4, 0.5) is 0 Å². The molecule has 0 nitrogen and oxygen atoms in total. The van der Waals surface area contributed by atoms with Crippen LogP contribution in [0.5, 0.6) is 0 Å². The molecule has 20 heavy (non-hydrogen) atoms. The van der Waals surface area contributed by atoms with Gasteiger partial charge in [-0.1, -0.05) is 91.0 Å². The van der Waals surface area contributed by atoms with E-state index in [0.29, 0.717) is 0 Å². The highest BCUT2D eigenvalue weighted by Gasteiger charge is 2.14. The quantitative estimate of drug-likeness (QED) is 0.612. The minimum absolute atomic E-state index is 0. The second-order valence-corrected chi connectivity index (χ2v) is 6.56. The fraction of sp³-hybridized carbons (Fsp3) is 0. The van der Waals surface area contributed by atoms with E-state index in [1.54, 1.807) is 0 Å². The molecule has 0 saturated carbocycles. The highest BCUT2D eigenvalue weighted by Crippen LogP contribution is 2.32. The zero-order valence-electron chi connectivity index (χ0n) is 11.0. The monoisotopic (exact) mass is 281 g/mol. The summed E-state index contributed by atoms with van der Waals surface area (Å²) in [7, 11) is -0.446. The first-order valence-electron chi connectivity index (χ1n) is 6.40. The van der Waals surface area contributed by atoms with Gasteiger partial charge < -0.3 is 4.70 Å². The molecule has 2 heteroatoms. The van der Waals surface area contributed by atoms with Gasteiger partial charge in [-0.05, 0) is 23.8 Å². The number of hydrogen-bond acceptors (Lipinski definition) is 0. The minimum Gasteiger partial charge on any atom is -1.00 e. The average molecular weight is 281 g/mol. The lowest BCUT2D eigenvalue weighted by Crippen LogP contribution is -3.00. The Kier molecular flexibility index (Phi) is 5.03. The molecule has 0 fully saturated rings. The summed E-state index contributed by atoms with van der Waals surface area (Å²) in [6.45, 7) is 0. The first kappa shape index (κ1) is 14.4. The van der Waals surface area contributed by atoms with Crippen LogP contribution in [-0.4, -0.2) is 0 Å². The topological polar surface area (TPSA) is 0 Å². The van der Waals surface area contributed by atoms with Gasteiger partial charge in [-0.15, -0.1) is 0 Å². The number of rotatable bonds is 3. The van der Waals surface area contributed by atoms with Gasteiger partial charge in [-0.3, -0.25) is 0 Å². The van der Waals surface area contributed by atoms with Crippen LogP contribution in [0.1, 0.15) is 0 Å². The Balaban J connectivity index is 0.00000147. The second kappa shape index (κ2) is 6.98. The third-order valence-corrected chi connectivity index (χ3v) is 5.49. The van der Waals surface area contributed by atoms with Crippen LogP contribution < -0.4 is 20.6 Å². The molecule has 3 aromatic carbocycles. The minimum atomic E-state index is -0.446. The fourth-order valence-electron chi connectivity index (χ4n) is 2.18. The standard InChI is InChI=1S/C18H15P.FH/c1-4-10-16(11-5-1)19(17-12-6-2-7-13-17)18-14-8-3-9-15-18;/h1-15H;1H/p-1. The summed E-state index contributed by atoms with van der Waals surface area (Å²) >= 11 is 0. The van der Waals surface area contributed by atoms with Gasteiger partial charge in [-0.2, -0.15) is 0 Å². The summed E-state index contributed by atoms with van der Waals surface area (Å²) in [5.41, 5.74) is 0. The van der Waals surface area contributed by atoms with Gasteiger partial charge in [0.1, 0.15) is 0 Å². The molecule has 0 aliphatic carbocycles. The molecule has 0 saturated heterocycles. The van der Waals surface area contributed by atoms with E-state index >= 15 is 0 Å². The van der Waals surface area contributed by atoms with E-state index in [9.17, 15) is 0 Å². The Morgan fingerprint density at radius 3 is 0.900 bits per heavy atom. The van der Waals surface area contributed by atoms with Crippen molar-refractivity contribution in [1.82, 2.24) is 0 Å². The lowest BCUT2D eigenvalue weighted by atomic mass is 10.4. The Morgan fingerprint density at radius 2 is 0.650 bits per heavy atom. The van der Waals surface area contributed by atoms with Crippen molar-refractivity contribution in [2.75, 3.05) is 0 Å². The van der Waals surface area contributed by atoms with E-state index in [0.717, 1.165) is 0 Å². The molecule has 0 bridgehead atoms. The van der Waals surface area contributed by atoms with E-state index in [1.807, 2.05) is 0 Å². The predicted octanol–water partition coefficient (Wildman–Crippen LogP) is 0.449. The molecule has 0 atom stereocenters. The molecular formula is C18H15FP-. The van der Waals surface area contributed by atoms with Crippen molar-refractivity contribution < 1.29 is 4.70 Å². The van der Waals surface area contributed by atoms with Crippen molar-refractivity contribution in [3.8, 4) is 0 Å². The van der Waals surface area contributed by atoms with E-state index < -0.39 is 7.92 Å². The van der Waals surface area contributed by atoms with Crippen LogP contribution in [0.3, 0.4) is 0 Å². The summed E-state index contributed by atoms with van der Waals surface area (Å²) in [4.78, 5) is 0. The van der Waals surface area contributed by atoms with Gasteiger partial charge in [0, 0.05) is 0 Å². The van der Waals surface area contributed by atoms with Crippen molar-refractivity contribution in [2.24, 2.45) is 0 Å². The molecule has 3 rings (SSSR count). The van der Waals surface area contributed by atoms with E-state index in [2.05, 4.69) is 91.0 Å². The lowest BCUT2D eigenvalue weighted by Gasteiger charge is -2.18. The van der Waals surface area contributed by atoms with Crippen LogP contribution in [0.25, 0.3) is 0 Å². The normalized spacial score (nSPS) is 10.1. The van der Waals surface area contributed by atoms with Crippen LogP contribution in [0, 0.1) is 0 Å². The molecule has 0 unspecified atom stereocenters. The molecular weight excluding hydrogens is 266 g/mol. The maximum atomic E-state index is 2.23. The van der Waals surface area contributed by atoms with Crippen molar-refractivity contribution in [2.45, 2.75) is 0 Å². The molecule has 0 radical (unpaired) electrons. The van der Waals surface area contributed by atoms with Crippen LogP contribution >= 0.6 is 7.92 Å². The van der Waals surface area contributed by atoms with Crippen LogP contribution in [-0.2, 0) is 0 Å². The van der Waals surface area contributed by atoms with Crippen molar-refractivity contribution in [1.29, 1.82) is 0 Å². The Labute approximate surface area is 120 Å². The molecule has 3 aromatic rings. The third-order valence-electron chi connectivity index (χ3n) is 3.04. The molecule has 0 N–H and O–H groups in total. The fourth-order valence-corrected chi connectivity index (χ4v) is 4.48. The zero-order valence-corrected chi connectivity index (χ0v) is 11.9. The van der Waals surface area contributed by atoms with Gasteiger partial charge in [0.25, 0.3) is 0 Å². The summed E-state index contributed by atoms with van der Waals surface area (Å²) in [5, 5.41) is 4.19. The molecule has 0 aliphatic heterocycles. The van der Waals surface area contributed by atoms with Gasteiger partial charge >= 0.3 is 0 Å². The van der Waals surface area contributed by atoms with Crippen LogP contribution in [0.2, 0.25) is 0 Å². The lowest BCUT2D eigenvalue weighted by molar-refractivity contribution is -0.00000358. The maximum Gasteiger partial charge on any atom is -0.0134 e. The number of halogens is 1. The summed E-state index contributed by atoms with van der Waals surface area (Å²) in [6.07, 6.45) is 0. The predicted molar refractivity (Wildman–Crippen MR) is 85.1 cm³/mol. The van der Waals surface area contributed by atoms with E-state index in [-0.39, 0.29) is 4.70 Å². The molecule has 0 aromatic heterocycles. The van der Waals surface area contributed by atoms with E-state index in [1.165, 1.54) is 15.9 Å². The zero-order chi connectivity index (χ0) is 12.9. The van der Waals surface area contributed by atoms with Crippen LogP contribution in [0.15, 0.2) is 91.0 Å². The molecule has 100 valence electrons. The molecule has 0 aliphatic rings. The highest BCUT2D eigenvalue weighted by atomic mass is 31.1. The Hall–Kier alpha value is -1.98. The Bertz CT molecular complexity index is 529. The van der Waals surface area contributed by atoms with Crippen molar-refractivity contribution in [3.63, 3.8) is 0 Å². The summed E-state index contributed by atoms with van der Waals surface area (Å²) in [5.74, 6) is 0. The maximum absolute atomic E-state index is 2.23. The molecule has 0 spiro atoms. The third kappa shape index (κ3) is 3.12. The Morgan fingerprint density at radius 1 is 0.400 bits per heavy atom. The van der Waals surface area contributed by atoms with Gasteiger partial charge in [-0.25, -0.2) is 0 Å². The average Bonchev–Trinajstić information content (AvgIpc) is 2.51. The smallest absolute Gasteiger partial charge is 0.0134 e. The first-order valence-corrected chi connectivity index (χ1v) is 7.74. The first-order chi connectivity index (χ1) is 9.45. The van der Waals surface area contributed by atoms with Crippen molar-refractivity contribution >= 4 is 23.8 Å². The summed E-state index contributed by atoms with van der Waals surface area (Å²) < 4.78 is 0. The van der Waals surface area contributed by atoms with Crippen molar-refractivity contribution in [3.05, 3.63) is 91.0 Å². The number of hydrogen-bond donors (Lipinski definition) is 0. The van der Waals surface area contributed by atoms with Gasteiger partial charge in [0.2, 0.25) is 0 Å². The second-order valence-electron chi connectivity index (χ2n) is 4.34. The van der Waals surface area contributed by atoms with E-state index in [4.69, 9.17) is 0 Å². The van der Waals surface area contributed by atoms with Gasteiger partial charge in [0.05, 0.1) is 0 Å². The largest absolute Gasteiger partial charge is 1.00 e. The summed E-state index contributed by atoms with van der Waals surface area (Å²) in [6, 6.07) is 32.3.